The van der Waals surface area contributed by atoms with Crippen molar-refractivity contribution in [2.45, 2.75) is 6.54 Å². The Balaban J connectivity index is 1.82. The molecular weight excluding hydrogens is 288 g/mol. The molecule has 2 heterocycles. The highest BCUT2D eigenvalue weighted by molar-refractivity contribution is 7.13. The first-order chi connectivity index (χ1) is 10.2. The van der Waals surface area contributed by atoms with Crippen LogP contribution in [0.25, 0.3) is 10.6 Å². The lowest BCUT2D eigenvalue weighted by Crippen LogP contribution is -2.28. The topological polar surface area (TPSA) is 66.6 Å². The van der Waals surface area contributed by atoms with Gasteiger partial charge in [0.2, 0.25) is 0 Å². The van der Waals surface area contributed by atoms with Crippen LogP contribution in [-0.2, 0) is 6.54 Å². The third-order valence-electron chi connectivity index (χ3n) is 2.95. The van der Waals surface area contributed by atoms with Crippen molar-refractivity contribution in [1.82, 2.24) is 5.16 Å². The second-order valence-corrected chi connectivity index (χ2v) is 5.31. The summed E-state index contributed by atoms with van der Waals surface area (Å²) >= 11 is 1.56. The Kier molecular flexibility index (Phi) is 3.70. The average molecular weight is 300 g/mol. The van der Waals surface area contributed by atoms with Gasteiger partial charge in [0.05, 0.1) is 11.4 Å². The number of hydrogen-bond acceptors (Lipinski definition) is 4. The third kappa shape index (κ3) is 2.95. The zero-order valence-corrected chi connectivity index (χ0v) is 11.8. The lowest BCUT2D eigenvalue weighted by Gasteiger charge is -2.17. The maximum atomic E-state index is 11.4. The lowest BCUT2D eigenvalue weighted by atomic mass is 10.2. The predicted molar refractivity (Wildman–Crippen MR) is 80.5 cm³/mol. The van der Waals surface area contributed by atoms with Gasteiger partial charge in [0.25, 0.3) is 0 Å². The van der Waals surface area contributed by atoms with Gasteiger partial charge in [0, 0.05) is 11.8 Å². The molecule has 0 spiro atoms. The number of carbonyl (C=O) groups is 1. The number of aromatic nitrogens is 1. The number of anilines is 1. The largest absolute Gasteiger partial charge is 0.465 e. The van der Waals surface area contributed by atoms with E-state index in [4.69, 9.17) is 4.52 Å². The standard InChI is InChI=1S/C15H12N2O3S/c18-15(19)17(11-5-2-1-3-6-11)10-12-9-13(16-20-12)14-7-4-8-21-14/h1-9H,10H2,(H,18,19). The van der Waals surface area contributed by atoms with Crippen molar-refractivity contribution in [2.75, 3.05) is 4.90 Å². The molecule has 0 radical (unpaired) electrons. The van der Waals surface area contributed by atoms with E-state index in [1.807, 2.05) is 23.6 Å². The molecule has 3 rings (SSSR count). The van der Waals surface area contributed by atoms with Gasteiger partial charge in [0.1, 0.15) is 5.69 Å². The summed E-state index contributed by atoms with van der Waals surface area (Å²) in [6.45, 7) is 0.123. The van der Waals surface area contributed by atoms with Gasteiger partial charge in [-0.2, -0.15) is 0 Å². The van der Waals surface area contributed by atoms with Crippen LogP contribution in [0.3, 0.4) is 0 Å². The summed E-state index contributed by atoms with van der Waals surface area (Å²) in [6, 6.07) is 14.6. The van der Waals surface area contributed by atoms with Crippen LogP contribution in [-0.4, -0.2) is 16.4 Å². The van der Waals surface area contributed by atoms with Crippen molar-refractivity contribution >= 4 is 23.1 Å². The molecule has 21 heavy (non-hydrogen) atoms. The summed E-state index contributed by atoms with van der Waals surface area (Å²) < 4.78 is 5.24. The summed E-state index contributed by atoms with van der Waals surface area (Å²) in [5, 5.41) is 15.3. The number of benzene rings is 1. The highest BCUT2D eigenvalue weighted by Gasteiger charge is 2.17. The molecule has 0 aliphatic heterocycles. The Labute approximate surface area is 125 Å². The minimum absolute atomic E-state index is 0.123. The fourth-order valence-corrected chi connectivity index (χ4v) is 2.64. The highest BCUT2D eigenvalue weighted by atomic mass is 32.1. The normalized spacial score (nSPS) is 10.5. The maximum Gasteiger partial charge on any atom is 0.412 e. The minimum atomic E-state index is -1.03. The summed E-state index contributed by atoms with van der Waals surface area (Å²) in [5.74, 6) is 0.504. The molecule has 5 nitrogen and oxygen atoms in total. The average Bonchev–Trinajstić information content (AvgIpc) is 3.16. The number of nitrogens with zero attached hydrogens (tertiary/aromatic N) is 2. The molecule has 0 atom stereocenters. The number of hydrogen-bond donors (Lipinski definition) is 1. The molecule has 0 aliphatic rings. The predicted octanol–water partition coefficient (Wildman–Crippen LogP) is 4.09. The summed E-state index contributed by atoms with van der Waals surface area (Å²) in [7, 11) is 0. The van der Waals surface area contributed by atoms with Gasteiger partial charge in [-0.3, -0.25) is 4.90 Å². The molecule has 1 amide bonds. The van der Waals surface area contributed by atoms with E-state index in [1.54, 1.807) is 41.7 Å². The Hall–Kier alpha value is -2.60. The van der Waals surface area contributed by atoms with E-state index in [-0.39, 0.29) is 6.54 Å². The van der Waals surface area contributed by atoms with Gasteiger partial charge in [-0.1, -0.05) is 29.4 Å². The quantitative estimate of drug-likeness (QED) is 0.788. The molecule has 106 valence electrons. The van der Waals surface area contributed by atoms with Gasteiger partial charge < -0.3 is 9.63 Å². The summed E-state index contributed by atoms with van der Waals surface area (Å²) in [4.78, 5) is 13.6. The molecule has 6 heteroatoms. The molecule has 0 unspecified atom stereocenters. The molecule has 0 bridgehead atoms. The van der Waals surface area contributed by atoms with Gasteiger partial charge in [-0.25, -0.2) is 4.79 Å². The molecular formula is C15H12N2O3S. The first kappa shape index (κ1) is 13.4. The van der Waals surface area contributed by atoms with E-state index in [0.717, 1.165) is 10.6 Å². The Morgan fingerprint density at radius 1 is 1.24 bits per heavy atom. The van der Waals surface area contributed by atoms with E-state index < -0.39 is 6.09 Å². The first-order valence-electron chi connectivity index (χ1n) is 6.29. The van der Waals surface area contributed by atoms with Crippen LogP contribution >= 0.6 is 11.3 Å². The highest BCUT2D eigenvalue weighted by Crippen LogP contribution is 2.25. The smallest absolute Gasteiger partial charge is 0.412 e. The fraction of sp³-hybridized carbons (Fsp3) is 0.0667. The second kappa shape index (κ2) is 5.80. The van der Waals surface area contributed by atoms with Crippen LogP contribution in [0, 0.1) is 0 Å². The van der Waals surface area contributed by atoms with E-state index in [2.05, 4.69) is 5.16 Å². The summed E-state index contributed by atoms with van der Waals surface area (Å²) in [5.41, 5.74) is 1.32. The zero-order valence-electron chi connectivity index (χ0n) is 11.0. The number of para-hydroxylation sites is 1. The molecule has 3 aromatic rings. The third-order valence-corrected chi connectivity index (χ3v) is 3.84. The Bertz CT molecular complexity index is 722. The number of carboxylic acid groups (broad SMARTS) is 1. The van der Waals surface area contributed by atoms with Gasteiger partial charge in [-0.05, 0) is 23.6 Å². The van der Waals surface area contributed by atoms with E-state index in [9.17, 15) is 9.90 Å². The number of amides is 1. The molecule has 1 N–H and O–H groups in total. The van der Waals surface area contributed by atoms with Gasteiger partial charge in [-0.15, -0.1) is 11.3 Å². The van der Waals surface area contributed by atoms with Gasteiger partial charge >= 0.3 is 6.09 Å². The Morgan fingerprint density at radius 3 is 2.71 bits per heavy atom. The molecule has 0 aliphatic carbocycles. The molecule has 2 aromatic heterocycles. The monoisotopic (exact) mass is 300 g/mol. The van der Waals surface area contributed by atoms with E-state index >= 15 is 0 Å². The van der Waals surface area contributed by atoms with Crippen molar-refractivity contribution in [1.29, 1.82) is 0 Å². The fourth-order valence-electron chi connectivity index (χ4n) is 1.96. The van der Waals surface area contributed by atoms with Crippen LogP contribution in [0.15, 0.2) is 58.4 Å². The summed E-state index contributed by atoms with van der Waals surface area (Å²) in [6.07, 6.45) is -1.03. The molecule has 0 saturated heterocycles. The molecule has 0 saturated carbocycles. The second-order valence-electron chi connectivity index (χ2n) is 4.36. The van der Waals surface area contributed by atoms with Crippen LogP contribution in [0.4, 0.5) is 10.5 Å². The lowest BCUT2D eigenvalue weighted by molar-refractivity contribution is 0.200. The number of thiophene rings is 1. The van der Waals surface area contributed by atoms with Crippen molar-refractivity contribution in [3.05, 3.63) is 59.7 Å². The van der Waals surface area contributed by atoms with Crippen molar-refractivity contribution in [3.8, 4) is 10.6 Å². The van der Waals surface area contributed by atoms with Crippen molar-refractivity contribution in [3.63, 3.8) is 0 Å². The SMILES string of the molecule is O=C(O)N(Cc1cc(-c2cccs2)no1)c1ccccc1. The van der Waals surface area contributed by atoms with Crippen LogP contribution < -0.4 is 4.90 Å². The minimum Gasteiger partial charge on any atom is -0.465 e. The van der Waals surface area contributed by atoms with Gasteiger partial charge in [0.15, 0.2) is 5.76 Å². The van der Waals surface area contributed by atoms with Crippen LogP contribution in [0.5, 0.6) is 0 Å². The zero-order chi connectivity index (χ0) is 14.7. The van der Waals surface area contributed by atoms with Crippen molar-refractivity contribution < 1.29 is 14.4 Å². The van der Waals surface area contributed by atoms with Crippen molar-refractivity contribution in [2.24, 2.45) is 0 Å². The number of rotatable bonds is 4. The first-order valence-corrected chi connectivity index (χ1v) is 7.17. The molecule has 1 aromatic carbocycles. The van der Waals surface area contributed by atoms with E-state index in [0.29, 0.717) is 11.4 Å². The van der Waals surface area contributed by atoms with Crippen LogP contribution in [0.1, 0.15) is 5.76 Å². The Morgan fingerprint density at radius 2 is 2.05 bits per heavy atom. The van der Waals surface area contributed by atoms with Crippen LogP contribution in [0.2, 0.25) is 0 Å². The molecule has 0 fully saturated rings. The van der Waals surface area contributed by atoms with E-state index in [1.165, 1.54) is 4.90 Å². The maximum absolute atomic E-state index is 11.4.